The van der Waals surface area contributed by atoms with Gasteiger partial charge in [0.05, 0.1) is 0 Å². The van der Waals surface area contributed by atoms with E-state index in [-0.39, 0.29) is 10.8 Å². The van der Waals surface area contributed by atoms with Crippen LogP contribution in [0.3, 0.4) is 0 Å². The van der Waals surface area contributed by atoms with Gasteiger partial charge in [-0.15, -0.1) is 6.58 Å². The molecule has 0 radical (unpaired) electrons. The summed E-state index contributed by atoms with van der Waals surface area (Å²) in [6.07, 6.45) is 8.00. The number of aldehydes is 1. The lowest BCUT2D eigenvalue weighted by Crippen LogP contribution is -2.13. The summed E-state index contributed by atoms with van der Waals surface area (Å²) in [4.78, 5) is 11.2. The van der Waals surface area contributed by atoms with Gasteiger partial charge in [-0.05, 0) is 41.6 Å². The predicted molar refractivity (Wildman–Crippen MR) is 80.6 cm³/mol. The van der Waals surface area contributed by atoms with E-state index in [1.54, 1.807) is 0 Å². The third kappa shape index (κ3) is 9.21. The van der Waals surface area contributed by atoms with Crippen LogP contribution < -0.4 is 0 Å². The van der Waals surface area contributed by atoms with Crippen LogP contribution in [0.15, 0.2) is 24.3 Å². The van der Waals surface area contributed by atoms with Gasteiger partial charge in [0.1, 0.15) is 6.29 Å². The molecule has 104 valence electrons. The summed E-state index contributed by atoms with van der Waals surface area (Å²) in [5, 5.41) is 0. The molecule has 0 N–H and O–H groups in total. The van der Waals surface area contributed by atoms with Crippen molar-refractivity contribution in [2.24, 2.45) is 16.7 Å². The van der Waals surface area contributed by atoms with Crippen LogP contribution in [0.5, 0.6) is 0 Å². The molecule has 0 aliphatic rings. The zero-order valence-electron chi connectivity index (χ0n) is 13.0. The van der Waals surface area contributed by atoms with Crippen LogP contribution in [0.25, 0.3) is 0 Å². The van der Waals surface area contributed by atoms with Crippen molar-refractivity contribution in [3.63, 3.8) is 0 Å². The van der Waals surface area contributed by atoms with Crippen LogP contribution in [0.2, 0.25) is 0 Å². The minimum Gasteiger partial charge on any atom is -0.298 e. The van der Waals surface area contributed by atoms with E-state index in [2.05, 4.69) is 54.2 Å². The van der Waals surface area contributed by atoms with E-state index in [0.29, 0.717) is 5.92 Å². The summed E-state index contributed by atoms with van der Waals surface area (Å²) in [5.74, 6) is 0.421. The second-order valence-corrected chi connectivity index (χ2v) is 7.65. The molecule has 0 aromatic rings. The van der Waals surface area contributed by atoms with Gasteiger partial charge in [0.15, 0.2) is 0 Å². The van der Waals surface area contributed by atoms with Crippen molar-refractivity contribution in [3.05, 3.63) is 24.3 Å². The maximum atomic E-state index is 11.2. The summed E-state index contributed by atoms with van der Waals surface area (Å²) >= 11 is 0. The van der Waals surface area contributed by atoms with Crippen molar-refractivity contribution in [1.82, 2.24) is 0 Å². The molecule has 0 amide bonds. The molecule has 1 nitrogen and oxygen atoms in total. The fourth-order valence-electron chi connectivity index (χ4n) is 2.27. The van der Waals surface area contributed by atoms with Gasteiger partial charge in [-0.25, -0.2) is 0 Å². The van der Waals surface area contributed by atoms with Crippen LogP contribution in [0.4, 0.5) is 0 Å². The van der Waals surface area contributed by atoms with Crippen molar-refractivity contribution < 1.29 is 4.79 Å². The fraction of sp³-hybridized carbons (Fsp3) is 0.706. The van der Waals surface area contributed by atoms with E-state index in [1.165, 1.54) is 0 Å². The van der Waals surface area contributed by atoms with Crippen LogP contribution >= 0.6 is 0 Å². The summed E-state index contributed by atoms with van der Waals surface area (Å²) in [6.45, 7) is 17.0. The summed E-state index contributed by atoms with van der Waals surface area (Å²) in [5.41, 5.74) is 1.37. The Bertz CT molecular complexity index is 297. The van der Waals surface area contributed by atoms with Gasteiger partial charge in [-0.1, -0.05) is 53.7 Å². The Kier molecular flexibility index (Phi) is 6.59. The number of carbonyl (C=O) groups excluding carboxylic acids is 1. The number of hydrogen-bond donors (Lipinski definition) is 0. The monoisotopic (exact) mass is 250 g/mol. The lowest BCUT2D eigenvalue weighted by Gasteiger charge is -2.24. The van der Waals surface area contributed by atoms with Crippen molar-refractivity contribution >= 4 is 6.29 Å². The van der Waals surface area contributed by atoms with Gasteiger partial charge in [-0.3, -0.25) is 4.79 Å². The highest BCUT2D eigenvalue weighted by Crippen LogP contribution is 2.30. The quantitative estimate of drug-likeness (QED) is 0.361. The molecule has 0 aromatic heterocycles. The fourth-order valence-corrected chi connectivity index (χ4v) is 2.27. The molecule has 1 atom stereocenters. The minimum absolute atomic E-state index is 0.160. The molecule has 0 saturated carbocycles. The number of allylic oxidation sites excluding steroid dienone is 3. The molecule has 0 heterocycles. The van der Waals surface area contributed by atoms with E-state index < -0.39 is 0 Å². The second kappa shape index (κ2) is 6.92. The minimum atomic E-state index is 0.160. The largest absolute Gasteiger partial charge is 0.298 e. The number of carbonyl (C=O) groups is 1. The average Bonchev–Trinajstić information content (AvgIpc) is 2.12. The Balaban J connectivity index is 4.88. The third-order valence-corrected chi connectivity index (χ3v) is 2.68. The van der Waals surface area contributed by atoms with Crippen molar-refractivity contribution in [1.29, 1.82) is 0 Å². The number of hydrogen-bond acceptors (Lipinski definition) is 1. The Morgan fingerprint density at radius 1 is 1.11 bits per heavy atom. The first-order chi connectivity index (χ1) is 8.07. The molecule has 0 saturated heterocycles. The average molecular weight is 250 g/mol. The Hall–Kier alpha value is -0.850. The van der Waals surface area contributed by atoms with E-state index in [9.17, 15) is 4.79 Å². The molecule has 0 aromatic carbocycles. The SMILES string of the molecule is C=CCC(C=C(C=O)CC(C)(C)C)CC(C)(C)C. The molecule has 18 heavy (non-hydrogen) atoms. The van der Waals surface area contributed by atoms with E-state index in [1.807, 2.05) is 6.08 Å². The smallest absolute Gasteiger partial charge is 0.145 e. The Morgan fingerprint density at radius 3 is 2.00 bits per heavy atom. The topological polar surface area (TPSA) is 17.1 Å². The van der Waals surface area contributed by atoms with Gasteiger partial charge in [0.2, 0.25) is 0 Å². The molecular weight excluding hydrogens is 220 g/mol. The van der Waals surface area contributed by atoms with Gasteiger partial charge >= 0.3 is 0 Å². The van der Waals surface area contributed by atoms with E-state index >= 15 is 0 Å². The summed E-state index contributed by atoms with van der Waals surface area (Å²) < 4.78 is 0. The second-order valence-electron chi connectivity index (χ2n) is 7.65. The lowest BCUT2D eigenvalue weighted by atomic mass is 9.81. The van der Waals surface area contributed by atoms with Gasteiger partial charge < -0.3 is 0 Å². The van der Waals surface area contributed by atoms with Gasteiger partial charge in [-0.2, -0.15) is 0 Å². The number of rotatable bonds is 6. The Morgan fingerprint density at radius 2 is 1.67 bits per heavy atom. The molecule has 0 bridgehead atoms. The zero-order chi connectivity index (χ0) is 14.4. The highest BCUT2D eigenvalue weighted by molar-refractivity contribution is 5.73. The first kappa shape index (κ1) is 17.2. The predicted octanol–water partition coefficient (Wildman–Crippen LogP) is 5.18. The highest BCUT2D eigenvalue weighted by atomic mass is 16.1. The van der Waals surface area contributed by atoms with Crippen LogP contribution in [-0.4, -0.2) is 6.29 Å². The molecule has 0 aliphatic heterocycles. The van der Waals surface area contributed by atoms with Gasteiger partial charge in [0.25, 0.3) is 0 Å². The molecule has 1 heteroatoms. The first-order valence-corrected chi connectivity index (χ1v) is 6.84. The molecule has 0 aliphatic carbocycles. The molecule has 0 fully saturated rings. The Labute approximate surface area is 113 Å². The third-order valence-electron chi connectivity index (χ3n) is 2.68. The van der Waals surface area contributed by atoms with Gasteiger partial charge in [0, 0.05) is 0 Å². The van der Waals surface area contributed by atoms with Crippen LogP contribution in [0, 0.1) is 16.7 Å². The summed E-state index contributed by atoms with van der Waals surface area (Å²) in [7, 11) is 0. The summed E-state index contributed by atoms with van der Waals surface area (Å²) in [6, 6.07) is 0. The van der Waals surface area contributed by atoms with Crippen molar-refractivity contribution in [2.45, 2.75) is 60.8 Å². The molecule has 0 rings (SSSR count). The maximum Gasteiger partial charge on any atom is 0.145 e. The first-order valence-electron chi connectivity index (χ1n) is 6.84. The molecule has 1 unspecified atom stereocenters. The highest BCUT2D eigenvalue weighted by Gasteiger charge is 2.18. The van der Waals surface area contributed by atoms with Crippen LogP contribution in [-0.2, 0) is 4.79 Å². The normalized spacial score (nSPS) is 15.3. The van der Waals surface area contributed by atoms with Crippen molar-refractivity contribution in [3.8, 4) is 0 Å². The lowest BCUT2D eigenvalue weighted by molar-refractivity contribution is -0.105. The van der Waals surface area contributed by atoms with E-state index in [0.717, 1.165) is 31.1 Å². The van der Waals surface area contributed by atoms with Crippen molar-refractivity contribution in [2.75, 3.05) is 0 Å². The zero-order valence-corrected chi connectivity index (χ0v) is 13.0. The standard InChI is InChI=1S/C17H30O/c1-8-9-14(11-16(2,3)4)10-15(13-18)12-17(5,6)7/h8,10,13-14H,1,9,11-12H2,2-7H3. The van der Waals surface area contributed by atoms with E-state index in [4.69, 9.17) is 0 Å². The maximum absolute atomic E-state index is 11.2. The van der Waals surface area contributed by atoms with Crippen LogP contribution in [0.1, 0.15) is 60.8 Å². The molecule has 0 spiro atoms. The molecular formula is C17H30O.